The second kappa shape index (κ2) is 5.58. The van der Waals surface area contributed by atoms with Gasteiger partial charge in [0.2, 0.25) is 0 Å². The van der Waals surface area contributed by atoms with E-state index in [4.69, 9.17) is 5.73 Å². The lowest BCUT2D eigenvalue weighted by Crippen LogP contribution is -2.41. The highest BCUT2D eigenvalue weighted by atomic mass is 19.1. The molecule has 0 radical (unpaired) electrons. The third kappa shape index (κ3) is 3.25. The molecule has 1 aromatic rings. The summed E-state index contributed by atoms with van der Waals surface area (Å²) in [5.74, 6) is -0.175. The zero-order chi connectivity index (χ0) is 12.3. The van der Waals surface area contributed by atoms with E-state index in [9.17, 15) is 9.50 Å². The summed E-state index contributed by atoms with van der Waals surface area (Å²) in [7, 11) is 0. The number of halogens is 1. The van der Waals surface area contributed by atoms with E-state index in [0.29, 0.717) is 12.6 Å². The highest BCUT2D eigenvalue weighted by Crippen LogP contribution is 2.22. The number of aliphatic hydroxyl groups is 1. The number of nitrogens with one attached hydrogen (secondary N) is 1. The van der Waals surface area contributed by atoms with E-state index < -0.39 is 6.10 Å². The Morgan fingerprint density at radius 1 is 1.47 bits per heavy atom. The van der Waals surface area contributed by atoms with Crippen LogP contribution in [0.3, 0.4) is 0 Å². The summed E-state index contributed by atoms with van der Waals surface area (Å²) >= 11 is 0. The standard InChI is InChI=1S/C13H19FN2O/c14-11-3-1-9-2-4-12(6-10(9)5-11)16-8-13(17)7-15/h1,3,5,12-13,16-17H,2,4,6-8,15H2. The summed E-state index contributed by atoms with van der Waals surface area (Å²) in [6, 6.07) is 5.31. The van der Waals surface area contributed by atoms with Crippen LogP contribution in [0, 0.1) is 5.82 Å². The van der Waals surface area contributed by atoms with Crippen LogP contribution in [0.15, 0.2) is 18.2 Å². The average Bonchev–Trinajstić information content (AvgIpc) is 2.35. The van der Waals surface area contributed by atoms with Gasteiger partial charge in [0.25, 0.3) is 0 Å². The SMILES string of the molecule is NCC(O)CNC1CCc2ccc(F)cc2C1. The minimum atomic E-state index is -0.496. The van der Waals surface area contributed by atoms with Gasteiger partial charge in [-0.3, -0.25) is 0 Å². The number of aryl methyl sites for hydroxylation is 1. The lowest BCUT2D eigenvalue weighted by Gasteiger charge is -2.26. The number of hydrogen-bond acceptors (Lipinski definition) is 3. The molecule has 3 nitrogen and oxygen atoms in total. The highest BCUT2D eigenvalue weighted by molar-refractivity contribution is 5.31. The Morgan fingerprint density at radius 2 is 2.29 bits per heavy atom. The van der Waals surface area contributed by atoms with E-state index in [1.807, 2.05) is 6.07 Å². The van der Waals surface area contributed by atoms with Crippen molar-refractivity contribution < 1.29 is 9.50 Å². The molecular weight excluding hydrogens is 219 g/mol. The molecule has 4 heteroatoms. The van der Waals surface area contributed by atoms with Crippen molar-refractivity contribution in [3.63, 3.8) is 0 Å². The number of fused-ring (bicyclic) bond motifs is 1. The summed E-state index contributed by atoms with van der Waals surface area (Å²) in [4.78, 5) is 0. The predicted octanol–water partition coefficient (Wildman–Crippen LogP) is 0.592. The zero-order valence-corrected chi connectivity index (χ0v) is 9.82. The fraction of sp³-hybridized carbons (Fsp3) is 0.538. The van der Waals surface area contributed by atoms with Crippen molar-refractivity contribution in [2.45, 2.75) is 31.4 Å². The number of hydrogen-bond donors (Lipinski definition) is 3. The molecule has 2 unspecified atom stereocenters. The fourth-order valence-electron chi connectivity index (χ4n) is 2.29. The van der Waals surface area contributed by atoms with Crippen molar-refractivity contribution in [1.29, 1.82) is 0 Å². The Bertz CT molecular complexity index is 384. The molecule has 17 heavy (non-hydrogen) atoms. The Kier molecular flexibility index (Phi) is 4.10. The normalized spacial score (nSPS) is 21.0. The fourth-order valence-corrected chi connectivity index (χ4v) is 2.29. The lowest BCUT2D eigenvalue weighted by atomic mass is 9.88. The Hall–Kier alpha value is -0.970. The van der Waals surface area contributed by atoms with Crippen molar-refractivity contribution >= 4 is 0 Å². The van der Waals surface area contributed by atoms with E-state index >= 15 is 0 Å². The second-order valence-corrected chi connectivity index (χ2v) is 4.65. The monoisotopic (exact) mass is 238 g/mol. The van der Waals surface area contributed by atoms with Gasteiger partial charge in [0, 0.05) is 19.1 Å². The molecule has 0 amide bonds. The zero-order valence-electron chi connectivity index (χ0n) is 9.82. The van der Waals surface area contributed by atoms with Crippen LogP contribution >= 0.6 is 0 Å². The molecule has 0 fully saturated rings. The minimum absolute atomic E-state index is 0.175. The highest BCUT2D eigenvalue weighted by Gasteiger charge is 2.19. The van der Waals surface area contributed by atoms with Crippen LogP contribution in [0.1, 0.15) is 17.5 Å². The van der Waals surface area contributed by atoms with Crippen LogP contribution < -0.4 is 11.1 Å². The number of rotatable bonds is 4. The van der Waals surface area contributed by atoms with Crippen molar-refractivity contribution in [2.24, 2.45) is 5.73 Å². The summed E-state index contributed by atoms with van der Waals surface area (Å²) < 4.78 is 13.1. The molecule has 0 aromatic heterocycles. The first-order valence-electron chi connectivity index (χ1n) is 6.08. The summed E-state index contributed by atoms with van der Waals surface area (Å²) in [6.07, 6.45) is 2.32. The van der Waals surface area contributed by atoms with Crippen molar-refractivity contribution in [2.75, 3.05) is 13.1 Å². The first kappa shape index (κ1) is 12.5. The Morgan fingerprint density at radius 3 is 3.06 bits per heavy atom. The van der Waals surface area contributed by atoms with Gasteiger partial charge < -0.3 is 16.2 Å². The van der Waals surface area contributed by atoms with E-state index in [0.717, 1.165) is 24.8 Å². The van der Waals surface area contributed by atoms with Crippen molar-refractivity contribution in [3.05, 3.63) is 35.1 Å². The molecule has 0 saturated heterocycles. The van der Waals surface area contributed by atoms with Gasteiger partial charge in [-0.25, -0.2) is 4.39 Å². The maximum Gasteiger partial charge on any atom is 0.123 e. The summed E-state index contributed by atoms with van der Waals surface area (Å²) in [5.41, 5.74) is 7.66. The number of aliphatic hydroxyl groups excluding tert-OH is 1. The van der Waals surface area contributed by atoms with Gasteiger partial charge in [0.05, 0.1) is 6.10 Å². The molecule has 1 aromatic carbocycles. The van der Waals surface area contributed by atoms with Gasteiger partial charge >= 0.3 is 0 Å². The Labute approximate surface area is 101 Å². The molecular formula is C13H19FN2O. The van der Waals surface area contributed by atoms with Crippen LogP contribution in [0.4, 0.5) is 4.39 Å². The smallest absolute Gasteiger partial charge is 0.123 e. The van der Waals surface area contributed by atoms with Crippen LogP contribution in [0.25, 0.3) is 0 Å². The van der Waals surface area contributed by atoms with Gasteiger partial charge in [-0.2, -0.15) is 0 Å². The molecule has 2 atom stereocenters. The van der Waals surface area contributed by atoms with Crippen LogP contribution in [-0.2, 0) is 12.8 Å². The number of nitrogens with two attached hydrogens (primary N) is 1. The first-order valence-corrected chi connectivity index (χ1v) is 6.08. The van der Waals surface area contributed by atoms with Gasteiger partial charge in [-0.15, -0.1) is 0 Å². The lowest BCUT2D eigenvalue weighted by molar-refractivity contribution is 0.173. The maximum absolute atomic E-state index is 13.1. The van der Waals surface area contributed by atoms with Gasteiger partial charge in [-0.05, 0) is 42.5 Å². The first-order chi connectivity index (χ1) is 8.19. The topological polar surface area (TPSA) is 58.3 Å². The molecule has 0 spiro atoms. The van der Waals surface area contributed by atoms with E-state index in [1.54, 1.807) is 6.07 Å². The van der Waals surface area contributed by atoms with E-state index in [2.05, 4.69) is 5.32 Å². The quantitative estimate of drug-likeness (QED) is 0.719. The number of benzene rings is 1. The molecule has 0 heterocycles. The molecule has 0 aliphatic heterocycles. The van der Waals surface area contributed by atoms with Crippen LogP contribution in [0.5, 0.6) is 0 Å². The van der Waals surface area contributed by atoms with Gasteiger partial charge in [-0.1, -0.05) is 6.07 Å². The van der Waals surface area contributed by atoms with Crippen molar-refractivity contribution in [1.82, 2.24) is 5.32 Å². The average molecular weight is 238 g/mol. The van der Waals surface area contributed by atoms with E-state index in [1.165, 1.54) is 11.6 Å². The van der Waals surface area contributed by atoms with Gasteiger partial charge in [0.1, 0.15) is 5.82 Å². The molecule has 1 aliphatic carbocycles. The molecule has 2 rings (SSSR count). The largest absolute Gasteiger partial charge is 0.390 e. The Balaban J connectivity index is 1.93. The maximum atomic E-state index is 13.1. The van der Waals surface area contributed by atoms with E-state index in [-0.39, 0.29) is 12.4 Å². The summed E-state index contributed by atoms with van der Waals surface area (Å²) in [6.45, 7) is 0.775. The third-order valence-corrected chi connectivity index (χ3v) is 3.31. The van der Waals surface area contributed by atoms with Crippen molar-refractivity contribution in [3.8, 4) is 0 Å². The molecule has 1 aliphatic rings. The molecule has 94 valence electrons. The molecule has 0 bridgehead atoms. The minimum Gasteiger partial charge on any atom is -0.390 e. The second-order valence-electron chi connectivity index (χ2n) is 4.65. The summed E-state index contributed by atoms with van der Waals surface area (Å²) in [5, 5.41) is 12.7. The van der Waals surface area contributed by atoms with Gasteiger partial charge in [0.15, 0.2) is 0 Å². The molecule has 4 N–H and O–H groups in total. The van der Waals surface area contributed by atoms with Crippen LogP contribution in [0.2, 0.25) is 0 Å². The van der Waals surface area contributed by atoms with Crippen LogP contribution in [-0.4, -0.2) is 30.3 Å². The third-order valence-electron chi connectivity index (χ3n) is 3.31. The molecule has 0 saturated carbocycles. The predicted molar refractivity (Wildman–Crippen MR) is 65.3 cm³/mol.